The van der Waals surface area contributed by atoms with Gasteiger partial charge in [0.05, 0.1) is 5.02 Å². The van der Waals surface area contributed by atoms with Crippen molar-refractivity contribution in [1.82, 2.24) is 5.32 Å². The SMILES string of the molecule is CC[C@H](Oc1ccccc1Cl)C(=O)NCCCN1CCc2ccccc21. The quantitative estimate of drug-likeness (QED) is 0.710. The molecule has 0 fully saturated rings. The summed E-state index contributed by atoms with van der Waals surface area (Å²) in [5.41, 5.74) is 2.74. The Bertz CT molecular complexity index is 750. The number of nitrogens with one attached hydrogen (secondary N) is 1. The van der Waals surface area contributed by atoms with Crippen molar-refractivity contribution in [2.24, 2.45) is 0 Å². The average Bonchev–Trinajstić information content (AvgIpc) is 3.07. The van der Waals surface area contributed by atoms with Crippen LogP contribution in [-0.4, -0.2) is 31.6 Å². The first-order chi connectivity index (χ1) is 12.7. The Labute approximate surface area is 160 Å². The highest BCUT2D eigenvalue weighted by atomic mass is 35.5. The average molecular weight is 373 g/mol. The molecule has 0 unspecified atom stereocenters. The monoisotopic (exact) mass is 372 g/mol. The van der Waals surface area contributed by atoms with Crippen LogP contribution in [0.2, 0.25) is 5.02 Å². The van der Waals surface area contributed by atoms with Crippen LogP contribution in [0.3, 0.4) is 0 Å². The topological polar surface area (TPSA) is 41.6 Å². The molecule has 1 heterocycles. The van der Waals surface area contributed by atoms with Gasteiger partial charge in [0.25, 0.3) is 5.91 Å². The summed E-state index contributed by atoms with van der Waals surface area (Å²) in [5, 5.41) is 3.51. The van der Waals surface area contributed by atoms with Gasteiger partial charge < -0.3 is 15.0 Å². The van der Waals surface area contributed by atoms with Crippen LogP contribution < -0.4 is 15.0 Å². The van der Waals surface area contributed by atoms with E-state index in [4.69, 9.17) is 16.3 Å². The lowest BCUT2D eigenvalue weighted by molar-refractivity contribution is -0.128. The summed E-state index contributed by atoms with van der Waals surface area (Å²) in [6.07, 6.45) is 2.08. The molecule has 4 nitrogen and oxygen atoms in total. The lowest BCUT2D eigenvalue weighted by Crippen LogP contribution is -2.39. The van der Waals surface area contributed by atoms with Crippen LogP contribution in [0.4, 0.5) is 5.69 Å². The van der Waals surface area contributed by atoms with Gasteiger partial charge in [0.1, 0.15) is 5.75 Å². The van der Waals surface area contributed by atoms with E-state index in [1.165, 1.54) is 11.3 Å². The standard InChI is InChI=1S/C21H25ClN2O2/c1-2-19(26-20-11-6-4-9-17(20)22)21(25)23-13-7-14-24-15-12-16-8-3-5-10-18(16)24/h3-6,8-11,19H,2,7,12-15H2,1H3,(H,23,25)/t19-/m0/s1. The van der Waals surface area contributed by atoms with Crippen LogP contribution in [-0.2, 0) is 11.2 Å². The van der Waals surface area contributed by atoms with E-state index in [9.17, 15) is 4.79 Å². The zero-order valence-corrected chi connectivity index (χ0v) is 15.8. The van der Waals surface area contributed by atoms with Gasteiger partial charge in [-0.3, -0.25) is 4.79 Å². The molecule has 0 bridgehead atoms. The third-order valence-corrected chi connectivity index (χ3v) is 4.97. The first kappa shape index (κ1) is 18.6. The van der Waals surface area contributed by atoms with E-state index in [0.717, 1.165) is 25.9 Å². The van der Waals surface area contributed by atoms with Crippen LogP contribution in [0, 0.1) is 0 Å². The Morgan fingerprint density at radius 3 is 2.81 bits per heavy atom. The van der Waals surface area contributed by atoms with Crippen molar-refractivity contribution in [1.29, 1.82) is 0 Å². The molecule has 0 radical (unpaired) electrons. The Hall–Kier alpha value is -2.20. The van der Waals surface area contributed by atoms with E-state index in [1.807, 2.05) is 19.1 Å². The number of ether oxygens (including phenoxy) is 1. The molecule has 0 saturated heterocycles. The van der Waals surface area contributed by atoms with Crippen molar-refractivity contribution in [2.45, 2.75) is 32.3 Å². The summed E-state index contributed by atoms with van der Waals surface area (Å²) < 4.78 is 5.78. The number of rotatable bonds is 8. The molecule has 1 atom stereocenters. The number of nitrogens with zero attached hydrogens (tertiary/aromatic N) is 1. The van der Waals surface area contributed by atoms with Crippen LogP contribution in [0.5, 0.6) is 5.75 Å². The molecule has 1 aliphatic heterocycles. The van der Waals surface area contributed by atoms with Gasteiger partial charge in [0, 0.05) is 25.3 Å². The number of benzene rings is 2. The molecule has 5 heteroatoms. The molecule has 0 spiro atoms. The highest BCUT2D eigenvalue weighted by Gasteiger charge is 2.20. The Balaban J connectivity index is 1.44. The maximum absolute atomic E-state index is 12.4. The van der Waals surface area contributed by atoms with Gasteiger partial charge in [-0.25, -0.2) is 0 Å². The highest BCUT2D eigenvalue weighted by Crippen LogP contribution is 2.27. The van der Waals surface area contributed by atoms with Gasteiger partial charge in [0.15, 0.2) is 6.10 Å². The van der Waals surface area contributed by atoms with Gasteiger partial charge in [-0.05, 0) is 43.0 Å². The number of hydrogen-bond donors (Lipinski definition) is 1. The third-order valence-electron chi connectivity index (χ3n) is 4.66. The molecule has 1 N–H and O–H groups in total. The summed E-state index contributed by atoms with van der Waals surface area (Å²) in [6, 6.07) is 15.8. The van der Waals surface area contributed by atoms with Crippen molar-refractivity contribution >= 4 is 23.2 Å². The Morgan fingerprint density at radius 2 is 2.00 bits per heavy atom. The predicted octanol–water partition coefficient (Wildman–Crippen LogP) is 4.07. The van der Waals surface area contributed by atoms with E-state index in [0.29, 0.717) is 23.7 Å². The zero-order chi connectivity index (χ0) is 18.4. The molecule has 26 heavy (non-hydrogen) atoms. The number of carbonyl (C=O) groups excluding carboxylic acids is 1. The summed E-state index contributed by atoms with van der Waals surface area (Å²) in [7, 11) is 0. The lowest BCUT2D eigenvalue weighted by atomic mass is 10.2. The van der Waals surface area contributed by atoms with Gasteiger partial charge in [-0.15, -0.1) is 0 Å². The molecular formula is C21H25ClN2O2. The van der Waals surface area contributed by atoms with Gasteiger partial charge in [-0.2, -0.15) is 0 Å². The molecule has 2 aromatic carbocycles. The number of halogens is 1. The number of anilines is 1. The first-order valence-corrected chi connectivity index (χ1v) is 9.58. The van der Waals surface area contributed by atoms with Gasteiger partial charge in [-0.1, -0.05) is 48.9 Å². The lowest BCUT2D eigenvalue weighted by Gasteiger charge is -2.20. The molecule has 3 rings (SSSR count). The van der Waals surface area contributed by atoms with E-state index < -0.39 is 6.10 Å². The van der Waals surface area contributed by atoms with Crippen LogP contribution in [0.25, 0.3) is 0 Å². The predicted molar refractivity (Wildman–Crippen MR) is 106 cm³/mol. The van der Waals surface area contributed by atoms with E-state index in [-0.39, 0.29) is 5.91 Å². The summed E-state index contributed by atoms with van der Waals surface area (Å²) in [6.45, 7) is 4.57. The normalized spacial score (nSPS) is 14.0. The fourth-order valence-electron chi connectivity index (χ4n) is 3.25. The van der Waals surface area contributed by atoms with Crippen LogP contribution in [0.15, 0.2) is 48.5 Å². The van der Waals surface area contributed by atoms with Crippen LogP contribution >= 0.6 is 11.6 Å². The molecule has 0 aliphatic carbocycles. The molecule has 0 aromatic heterocycles. The molecule has 2 aromatic rings. The summed E-state index contributed by atoms with van der Waals surface area (Å²) in [4.78, 5) is 14.8. The second-order valence-corrected chi connectivity index (χ2v) is 6.86. The first-order valence-electron chi connectivity index (χ1n) is 9.20. The minimum absolute atomic E-state index is 0.0887. The largest absolute Gasteiger partial charge is 0.479 e. The number of carbonyl (C=O) groups is 1. The maximum Gasteiger partial charge on any atom is 0.261 e. The summed E-state index contributed by atoms with van der Waals surface area (Å²) >= 11 is 6.11. The minimum Gasteiger partial charge on any atom is -0.479 e. The van der Waals surface area contributed by atoms with Gasteiger partial charge in [0.2, 0.25) is 0 Å². The molecule has 0 saturated carbocycles. The van der Waals surface area contributed by atoms with Gasteiger partial charge >= 0.3 is 0 Å². The van der Waals surface area contributed by atoms with Crippen molar-refractivity contribution in [3.8, 4) is 5.75 Å². The van der Waals surface area contributed by atoms with E-state index in [2.05, 4.69) is 34.5 Å². The zero-order valence-electron chi connectivity index (χ0n) is 15.1. The molecule has 1 amide bonds. The molecular weight excluding hydrogens is 348 g/mol. The maximum atomic E-state index is 12.4. The number of para-hydroxylation sites is 2. The fraction of sp³-hybridized carbons (Fsp3) is 0.381. The van der Waals surface area contributed by atoms with Crippen molar-refractivity contribution < 1.29 is 9.53 Å². The molecule has 1 aliphatic rings. The van der Waals surface area contributed by atoms with Crippen molar-refractivity contribution in [3.63, 3.8) is 0 Å². The van der Waals surface area contributed by atoms with Crippen LogP contribution in [0.1, 0.15) is 25.3 Å². The number of amides is 1. The highest BCUT2D eigenvalue weighted by molar-refractivity contribution is 6.32. The fourth-order valence-corrected chi connectivity index (χ4v) is 3.43. The smallest absolute Gasteiger partial charge is 0.261 e. The van der Waals surface area contributed by atoms with E-state index in [1.54, 1.807) is 12.1 Å². The van der Waals surface area contributed by atoms with E-state index >= 15 is 0 Å². The minimum atomic E-state index is -0.526. The number of fused-ring (bicyclic) bond motifs is 1. The Kier molecular flexibility index (Phi) is 6.40. The second kappa shape index (κ2) is 8.95. The Morgan fingerprint density at radius 1 is 1.23 bits per heavy atom. The summed E-state index contributed by atoms with van der Waals surface area (Å²) in [5.74, 6) is 0.457. The second-order valence-electron chi connectivity index (χ2n) is 6.46. The van der Waals surface area contributed by atoms with Crippen molar-refractivity contribution in [2.75, 3.05) is 24.5 Å². The van der Waals surface area contributed by atoms with Crippen molar-refractivity contribution in [3.05, 3.63) is 59.1 Å². The molecule has 138 valence electrons. The number of hydrogen-bond acceptors (Lipinski definition) is 3. The third kappa shape index (κ3) is 4.50.